The number of carbonyl (C=O) groups is 1. The molecule has 10 heteroatoms. The molecule has 0 radical (unpaired) electrons. The van der Waals surface area contributed by atoms with Crippen LogP contribution in [0.1, 0.15) is 32.1 Å². The molecule has 1 N–H and O–H groups in total. The summed E-state index contributed by atoms with van der Waals surface area (Å²) in [5.41, 5.74) is 1.13. The number of hydrogen-bond donors (Lipinski definition) is 1. The van der Waals surface area contributed by atoms with Crippen LogP contribution in [0.25, 0.3) is 16.0 Å². The molecule has 0 saturated heterocycles. The molecule has 0 spiro atoms. The van der Waals surface area contributed by atoms with Crippen LogP contribution >= 0.6 is 46.9 Å². The van der Waals surface area contributed by atoms with Gasteiger partial charge in [0.1, 0.15) is 4.70 Å². The highest BCUT2D eigenvalue weighted by Crippen LogP contribution is 2.26. The fourth-order valence-electron chi connectivity index (χ4n) is 3.60. The Bertz CT molecular complexity index is 1190. The molecule has 1 amide bonds. The Kier molecular flexibility index (Phi) is 6.62. The molecule has 3 aromatic rings. The third-order valence-corrected chi connectivity index (χ3v) is 7.79. The number of benzene rings is 1. The number of nitrogens with zero attached hydrogens (tertiary/aromatic N) is 3. The second-order valence-corrected chi connectivity index (χ2v) is 10.3. The van der Waals surface area contributed by atoms with Gasteiger partial charge in [0.25, 0.3) is 5.56 Å². The molecule has 1 saturated carbocycles. The number of nitrogens with one attached hydrogen (secondary N) is 1. The van der Waals surface area contributed by atoms with Crippen LogP contribution in [0.15, 0.2) is 34.2 Å². The van der Waals surface area contributed by atoms with E-state index in [-0.39, 0.29) is 23.3 Å². The summed E-state index contributed by atoms with van der Waals surface area (Å²) in [5, 5.41) is 4.21. The van der Waals surface area contributed by atoms with Gasteiger partial charge in [-0.1, -0.05) is 54.0 Å². The number of amides is 1. The molecular weight excluding hydrogens is 460 g/mol. The highest BCUT2D eigenvalue weighted by Gasteiger charge is 2.19. The van der Waals surface area contributed by atoms with Crippen LogP contribution in [-0.2, 0) is 11.8 Å². The number of fused-ring (bicyclic) bond motifs is 1. The largest absolute Gasteiger partial charge is 0.353 e. The summed E-state index contributed by atoms with van der Waals surface area (Å²) in [6.45, 7) is 0. The van der Waals surface area contributed by atoms with Crippen molar-refractivity contribution in [1.29, 1.82) is 0 Å². The Labute approximate surface area is 192 Å². The van der Waals surface area contributed by atoms with Gasteiger partial charge in [0.15, 0.2) is 14.8 Å². The van der Waals surface area contributed by atoms with Gasteiger partial charge in [-0.05, 0) is 49.3 Å². The van der Waals surface area contributed by atoms with E-state index >= 15 is 0 Å². The number of aromatic nitrogens is 3. The first kappa shape index (κ1) is 21.5. The zero-order valence-electron chi connectivity index (χ0n) is 16.4. The maximum absolute atomic E-state index is 12.9. The normalized spacial score (nSPS) is 14.9. The van der Waals surface area contributed by atoms with Crippen LogP contribution in [0.2, 0.25) is 5.02 Å². The molecular formula is C20H21ClN4O2S3. The van der Waals surface area contributed by atoms with Gasteiger partial charge < -0.3 is 5.32 Å². The smallest absolute Gasteiger partial charge is 0.273 e. The fraction of sp³-hybridized carbons (Fsp3) is 0.400. The molecule has 1 aliphatic rings. The van der Waals surface area contributed by atoms with Crippen LogP contribution in [0, 0.1) is 3.95 Å². The zero-order chi connectivity index (χ0) is 21.3. The first-order valence-corrected chi connectivity index (χ1v) is 12.3. The Balaban J connectivity index is 1.62. The maximum Gasteiger partial charge on any atom is 0.273 e. The average Bonchev–Trinajstić information content (AvgIpc) is 3.07. The minimum Gasteiger partial charge on any atom is -0.353 e. The standard InChI is InChI=1S/C20H21ClN4O2S3/c1-24-18(27)16-17(25(20(28)30-16)14-9-7-12(21)8-10-14)23-19(24)29-11-15(26)22-13-5-3-2-4-6-13/h7-10,13H,2-6,11H2,1H3,(H,22,26). The lowest BCUT2D eigenvalue weighted by molar-refractivity contribution is -0.119. The molecule has 0 unspecified atom stereocenters. The molecule has 1 aromatic carbocycles. The van der Waals surface area contributed by atoms with E-state index in [1.807, 2.05) is 12.1 Å². The van der Waals surface area contributed by atoms with Gasteiger partial charge in [-0.2, -0.15) is 0 Å². The third kappa shape index (κ3) is 4.49. The molecule has 4 rings (SSSR count). The van der Waals surface area contributed by atoms with Crippen LogP contribution in [0.4, 0.5) is 0 Å². The molecule has 1 fully saturated rings. The van der Waals surface area contributed by atoms with E-state index in [2.05, 4.69) is 5.32 Å². The molecule has 2 aromatic heterocycles. The Morgan fingerprint density at radius 3 is 2.70 bits per heavy atom. The Hall–Kier alpha value is -1.68. The van der Waals surface area contributed by atoms with Gasteiger partial charge in [0.05, 0.1) is 5.75 Å². The van der Waals surface area contributed by atoms with Crippen molar-refractivity contribution in [3.05, 3.63) is 43.6 Å². The number of hydrogen-bond acceptors (Lipinski definition) is 6. The predicted molar refractivity (Wildman–Crippen MR) is 126 cm³/mol. The van der Waals surface area contributed by atoms with Gasteiger partial charge in [-0.25, -0.2) is 4.98 Å². The van der Waals surface area contributed by atoms with E-state index in [9.17, 15) is 9.59 Å². The highest BCUT2D eigenvalue weighted by atomic mass is 35.5. The number of halogens is 1. The topological polar surface area (TPSA) is 68.9 Å². The molecule has 0 aliphatic heterocycles. The van der Waals surface area contributed by atoms with Crippen molar-refractivity contribution in [3.8, 4) is 5.69 Å². The zero-order valence-corrected chi connectivity index (χ0v) is 19.6. The molecule has 2 heterocycles. The van der Waals surface area contributed by atoms with Crippen molar-refractivity contribution in [2.24, 2.45) is 7.05 Å². The number of rotatable bonds is 5. The van der Waals surface area contributed by atoms with Gasteiger partial charge in [0.2, 0.25) is 5.91 Å². The van der Waals surface area contributed by atoms with Crippen LogP contribution < -0.4 is 10.9 Å². The maximum atomic E-state index is 12.9. The van der Waals surface area contributed by atoms with Crippen molar-refractivity contribution in [2.75, 3.05) is 5.75 Å². The quantitative estimate of drug-likeness (QED) is 0.325. The summed E-state index contributed by atoms with van der Waals surface area (Å²) in [5.74, 6) is 0.190. The molecule has 0 bridgehead atoms. The number of thioether (sulfide) groups is 1. The number of carbonyl (C=O) groups excluding carboxylic acids is 1. The van der Waals surface area contributed by atoms with E-state index in [0.29, 0.717) is 24.5 Å². The van der Waals surface area contributed by atoms with Gasteiger partial charge in [0, 0.05) is 23.8 Å². The first-order valence-electron chi connectivity index (χ1n) is 9.74. The molecule has 1 aliphatic carbocycles. The Morgan fingerprint density at radius 2 is 2.00 bits per heavy atom. The monoisotopic (exact) mass is 480 g/mol. The minimum absolute atomic E-state index is 0.0268. The second kappa shape index (κ2) is 9.21. The van der Waals surface area contributed by atoms with E-state index in [1.54, 1.807) is 23.7 Å². The molecule has 30 heavy (non-hydrogen) atoms. The van der Waals surface area contributed by atoms with Crippen molar-refractivity contribution >= 4 is 63.2 Å². The minimum atomic E-state index is -0.168. The summed E-state index contributed by atoms with van der Waals surface area (Å²) >= 11 is 14.0. The van der Waals surface area contributed by atoms with E-state index in [1.165, 1.54) is 34.1 Å². The lowest BCUT2D eigenvalue weighted by Crippen LogP contribution is -2.37. The van der Waals surface area contributed by atoms with Crippen LogP contribution in [0.3, 0.4) is 0 Å². The van der Waals surface area contributed by atoms with Crippen LogP contribution in [0.5, 0.6) is 0 Å². The van der Waals surface area contributed by atoms with Crippen molar-refractivity contribution in [1.82, 2.24) is 19.4 Å². The third-order valence-electron chi connectivity index (χ3n) is 5.16. The van der Waals surface area contributed by atoms with E-state index < -0.39 is 0 Å². The van der Waals surface area contributed by atoms with Gasteiger partial charge in [-0.3, -0.25) is 18.7 Å². The average molecular weight is 481 g/mol. The summed E-state index contributed by atoms with van der Waals surface area (Å²) in [4.78, 5) is 30.0. The summed E-state index contributed by atoms with van der Waals surface area (Å²) < 4.78 is 4.29. The lowest BCUT2D eigenvalue weighted by atomic mass is 9.95. The predicted octanol–water partition coefficient (Wildman–Crippen LogP) is 4.71. The van der Waals surface area contributed by atoms with Crippen molar-refractivity contribution in [2.45, 2.75) is 43.3 Å². The highest BCUT2D eigenvalue weighted by molar-refractivity contribution is 7.99. The fourth-order valence-corrected chi connectivity index (χ4v) is 5.85. The van der Waals surface area contributed by atoms with E-state index in [4.69, 9.17) is 28.8 Å². The SMILES string of the molecule is Cn1c(SCC(=O)NC2CCCCC2)nc2c(sc(=S)n2-c2ccc(Cl)cc2)c1=O. The second-order valence-electron chi connectivity index (χ2n) is 7.28. The number of thiazole rings is 1. The van der Waals surface area contributed by atoms with Crippen LogP contribution in [-0.4, -0.2) is 31.8 Å². The Morgan fingerprint density at radius 1 is 1.30 bits per heavy atom. The van der Waals surface area contributed by atoms with E-state index in [0.717, 1.165) is 31.4 Å². The van der Waals surface area contributed by atoms with Crippen molar-refractivity contribution in [3.63, 3.8) is 0 Å². The lowest BCUT2D eigenvalue weighted by Gasteiger charge is -2.22. The van der Waals surface area contributed by atoms with Gasteiger partial charge >= 0.3 is 0 Å². The molecule has 158 valence electrons. The first-order chi connectivity index (χ1) is 14.4. The summed E-state index contributed by atoms with van der Waals surface area (Å²) in [7, 11) is 1.67. The molecule has 0 atom stereocenters. The molecule has 6 nitrogen and oxygen atoms in total. The summed E-state index contributed by atoms with van der Waals surface area (Å²) in [6.07, 6.45) is 5.65. The van der Waals surface area contributed by atoms with Crippen molar-refractivity contribution < 1.29 is 4.79 Å². The summed E-state index contributed by atoms with van der Waals surface area (Å²) in [6, 6.07) is 7.49. The van der Waals surface area contributed by atoms with Gasteiger partial charge in [-0.15, -0.1) is 0 Å².